The number of carbonyl (C=O) groups is 1. The highest BCUT2D eigenvalue weighted by molar-refractivity contribution is 7.99. The Morgan fingerprint density at radius 1 is 1.10 bits per heavy atom. The molecule has 0 radical (unpaired) electrons. The van der Waals surface area contributed by atoms with Crippen LogP contribution in [0.2, 0.25) is 0 Å². The van der Waals surface area contributed by atoms with Gasteiger partial charge >= 0.3 is 0 Å². The summed E-state index contributed by atoms with van der Waals surface area (Å²) in [5.41, 5.74) is 2.44. The van der Waals surface area contributed by atoms with Crippen LogP contribution in [0, 0.1) is 0 Å². The average molecular weight is 439 g/mol. The zero-order valence-electron chi connectivity index (χ0n) is 18.8. The van der Waals surface area contributed by atoms with E-state index in [2.05, 4.69) is 48.4 Å². The molecule has 0 aliphatic rings. The van der Waals surface area contributed by atoms with Crippen molar-refractivity contribution < 1.29 is 9.53 Å². The molecule has 0 saturated carbocycles. The van der Waals surface area contributed by atoms with E-state index in [1.807, 2.05) is 61.0 Å². The van der Waals surface area contributed by atoms with Crippen molar-refractivity contribution in [2.45, 2.75) is 50.9 Å². The van der Waals surface area contributed by atoms with E-state index in [0.717, 1.165) is 11.3 Å². The number of hydrogen-bond acceptors (Lipinski definition) is 5. The fourth-order valence-corrected chi connectivity index (χ4v) is 3.82. The maximum absolute atomic E-state index is 12.2. The number of thioether (sulfide) groups is 1. The van der Waals surface area contributed by atoms with Gasteiger partial charge in [0, 0.05) is 13.6 Å². The minimum atomic E-state index is -0.265. The summed E-state index contributed by atoms with van der Waals surface area (Å²) in [5.74, 6) is 1.74. The topological polar surface area (TPSA) is 69.0 Å². The summed E-state index contributed by atoms with van der Waals surface area (Å²) in [7, 11) is 1.89. The Morgan fingerprint density at radius 2 is 1.77 bits per heavy atom. The molecule has 2 aromatic carbocycles. The molecule has 1 N–H and O–H groups in total. The number of ether oxygens (including phenoxy) is 1. The number of nitrogens with one attached hydrogen (secondary N) is 1. The van der Waals surface area contributed by atoms with Gasteiger partial charge in [-0.3, -0.25) is 4.79 Å². The SMILES string of the molecule is CC(Oc1ccc(C(C)(C)C)cc1)c1nnc(SCC(=O)NCc2ccccc2)n1C. The molecule has 3 rings (SSSR count). The van der Waals surface area contributed by atoms with Crippen LogP contribution in [0.5, 0.6) is 5.75 Å². The van der Waals surface area contributed by atoms with Crippen molar-refractivity contribution in [1.29, 1.82) is 0 Å². The number of nitrogens with zero attached hydrogens (tertiary/aromatic N) is 3. The van der Waals surface area contributed by atoms with E-state index >= 15 is 0 Å². The molecule has 0 bridgehead atoms. The van der Waals surface area contributed by atoms with Gasteiger partial charge in [-0.05, 0) is 35.6 Å². The van der Waals surface area contributed by atoms with Crippen molar-refractivity contribution in [3.63, 3.8) is 0 Å². The Hall–Kier alpha value is -2.80. The lowest BCUT2D eigenvalue weighted by atomic mass is 9.87. The van der Waals surface area contributed by atoms with Crippen LogP contribution in [-0.2, 0) is 23.8 Å². The smallest absolute Gasteiger partial charge is 0.230 e. The van der Waals surface area contributed by atoms with Crippen molar-refractivity contribution in [1.82, 2.24) is 20.1 Å². The first kappa shape index (κ1) is 22.9. The lowest BCUT2D eigenvalue weighted by molar-refractivity contribution is -0.118. The maximum atomic E-state index is 12.2. The highest BCUT2D eigenvalue weighted by Gasteiger charge is 2.19. The molecule has 0 aliphatic carbocycles. The monoisotopic (exact) mass is 438 g/mol. The van der Waals surface area contributed by atoms with Crippen LogP contribution in [0.15, 0.2) is 59.8 Å². The van der Waals surface area contributed by atoms with Gasteiger partial charge in [0.1, 0.15) is 5.75 Å². The van der Waals surface area contributed by atoms with Gasteiger partial charge in [0.15, 0.2) is 17.1 Å². The molecule has 6 nitrogen and oxygen atoms in total. The summed E-state index contributed by atoms with van der Waals surface area (Å²) in [6, 6.07) is 18.0. The molecule has 31 heavy (non-hydrogen) atoms. The molecule has 1 atom stereocenters. The van der Waals surface area contributed by atoms with E-state index in [9.17, 15) is 4.79 Å². The largest absolute Gasteiger partial charge is 0.483 e. The van der Waals surface area contributed by atoms with Gasteiger partial charge in [-0.15, -0.1) is 10.2 Å². The van der Waals surface area contributed by atoms with Crippen LogP contribution in [0.1, 0.15) is 50.8 Å². The molecule has 1 amide bonds. The number of amides is 1. The van der Waals surface area contributed by atoms with E-state index in [0.29, 0.717) is 17.5 Å². The van der Waals surface area contributed by atoms with Gasteiger partial charge in [-0.1, -0.05) is 75.0 Å². The fraction of sp³-hybridized carbons (Fsp3) is 0.375. The van der Waals surface area contributed by atoms with Crippen molar-refractivity contribution >= 4 is 17.7 Å². The second kappa shape index (κ2) is 10.0. The van der Waals surface area contributed by atoms with Crippen molar-refractivity contribution in [2.24, 2.45) is 7.05 Å². The molecule has 0 spiro atoms. The van der Waals surface area contributed by atoms with Crippen LogP contribution in [-0.4, -0.2) is 26.4 Å². The van der Waals surface area contributed by atoms with Crippen LogP contribution in [0.4, 0.5) is 0 Å². The molecule has 0 fully saturated rings. The number of carbonyl (C=O) groups excluding carboxylic acids is 1. The van der Waals surface area contributed by atoms with Crippen LogP contribution < -0.4 is 10.1 Å². The van der Waals surface area contributed by atoms with Crippen molar-refractivity contribution in [3.8, 4) is 5.75 Å². The first-order valence-corrected chi connectivity index (χ1v) is 11.3. The first-order valence-electron chi connectivity index (χ1n) is 10.3. The fourth-order valence-electron chi connectivity index (χ4n) is 3.07. The zero-order chi connectivity index (χ0) is 22.4. The summed E-state index contributed by atoms with van der Waals surface area (Å²) >= 11 is 1.36. The van der Waals surface area contributed by atoms with Crippen LogP contribution in [0.3, 0.4) is 0 Å². The number of hydrogen-bond donors (Lipinski definition) is 1. The molecular formula is C24H30N4O2S. The lowest BCUT2D eigenvalue weighted by Crippen LogP contribution is -2.24. The zero-order valence-corrected chi connectivity index (χ0v) is 19.6. The Bertz CT molecular complexity index is 995. The highest BCUT2D eigenvalue weighted by atomic mass is 32.2. The Balaban J connectivity index is 1.53. The predicted molar refractivity (Wildman–Crippen MR) is 124 cm³/mol. The second-order valence-electron chi connectivity index (χ2n) is 8.49. The van der Waals surface area contributed by atoms with Crippen LogP contribution in [0.25, 0.3) is 0 Å². The van der Waals surface area contributed by atoms with E-state index in [1.165, 1.54) is 17.3 Å². The minimum absolute atomic E-state index is 0.0401. The first-order chi connectivity index (χ1) is 14.7. The number of aromatic nitrogens is 3. The summed E-state index contributed by atoms with van der Waals surface area (Å²) in [5, 5.41) is 12.1. The Kier molecular flexibility index (Phi) is 7.38. The van der Waals surface area contributed by atoms with Crippen molar-refractivity contribution in [2.75, 3.05) is 5.75 Å². The average Bonchev–Trinajstić information content (AvgIpc) is 3.11. The Labute approximate surface area is 188 Å². The summed E-state index contributed by atoms with van der Waals surface area (Å²) in [4.78, 5) is 12.2. The van der Waals surface area contributed by atoms with Gasteiger partial charge in [-0.25, -0.2) is 0 Å². The van der Waals surface area contributed by atoms with Gasteiger partial charge in [0.2, 0.25) is 5.91 Å². The standard InChI is InChI=1S/C24H30N4O2S/c1-17(30-20-13-11-19(12-14-20)24(2,3)4)22-26-27-23(28(22)5)31-16-21(29)25-15-18-9-7-6-8-10-18/h6-14,17H,15-16H2,1-5H3,(H,25,29). The molecule has 1 unspecified atom stereocenters. The van der Waals surface area contributed by atoms with Gasteiger partial charge < -0.3 is 14.6 Å². The van der Waals surface area contributed by atoms with E-state index in [-0.39, 0.29) is 23.2 Å². The van der Waals surface area contributed by atoms with Crippen LogP contribution >= 0.6 is 11.8 Å². The van der Waals surface area contributed by atoms with Gasteiger partial charge in [-0.2, -0.15) is 0 Å². The van der Waals surface area contributed by atoms with E-state index < -0.39 is 0 Å². The molecule has 7 heteroatoms. The maximum Gasteiger partial charge on any atom is 0.230 e. The quantitative estimate of drug-likeness (QED) is 0.518. The summed E-state index contributed by atoms with van der Waals surface area (Å²) in [6.07, 6.45) is -0.265. The molecule has 3 aromatic rings. The Morgan fingerprint density at radius 3 is 2.42 bits per heavy atom. The third-order valence-electron chi connectivity index (χ3n) is 4.93. The molecule has 0 aliphatic heterocycles. The molecule has 1 aromatic heterocycles. The number of rotatable bonds is 8. The van der Waals surface area contributed by atoms with Gasteiger partial charge in [0.05, 0.1) is 5.75 Å². The third kappa shape index (κ3) is 6.34. The molecular weight excluding hydrogens is 408 g/mol. The summed E-state index contributed by atoms with van der Waals surface area (Å²) < 4.78 is 7.94. The van der Waals surface area contributed by atoms with E-state index in [1.54, 1.807) is 0 Å². The minimum Gasteiger partial charge on any atom is -0.483 e. The summed E-state index contributed by atoms with van der Waals surface area (Å²) in [6.45, 7) is 9.02. The lowest BCUT2D eigenvalue weighted by Gasteiger charge is -2.20. The normalized spacial score (nSPS) is 12.4. The number of benzene rings is 2. The molecule has 1 heterocycles. The molecule has 164 valence electrons. The van der Waals surface area contributed by atoms with Crippen molar-refractivity contribution in [3.05, 3.63) is 71.5 Å². The second-order valence-corrected chi connectivity index (χ2v) is 9.43. The predicted octanol–water partition coefficient (Wildman–Crippen LogP) is 4.66. The van der Waals surface area contributed by atoms with Gasteiger partial charge in [0.25, 0.3) is 0 Å². The third-order valence-corrected chi connectivity index (χ3v) is 5.95. The highest BCUT2D eigenvalue weighted by Crippen LogP contribution is 2.27. The van der Waals surface area contributed by atoms with E-state index in [4.69, 9.17) is 4.74 Å². The molecule has 0 saturated heterocycles.